The first-order valence-corrected chi connectivity index (χ1v) is 9.43. The van der Waals surface area contributed by atoms with Crippen LogP contribution >= 0.6 is 12.4 Å². The summed E-state index contributed by atoms with van der Waals surface area (Å²) in [5.41, 5.74) is 2.19. The van der Waals surface area contributed by atoms with Gasteiger partial charge in [-0.05, 0) is 62.0 Å². The molecule has 1 fully saturated rings. The Morgan fingerprint density at radius 3 is 2.56 bits per heavy atom. The number of hydrogen-bond donors (Lipinski definition) is 1. The van der Waals surface area contributed by atoms with Crippen molar-refractivity contribution >= 4 is 24.4 Å². The number of halogens is 1. The van der Waals surface area contributed by atoms with Gasteiger partial charge in [0, 0.05) is 25.4 Å². The lowest BCUT2D eigenvalue weighted by atomic mass is 9.93. The normalized spacial score (nSPS) is 15.4. The molecule has 0 unspecified atom stereocenters. The molecule has 5 heteroatoms. The summed E-state index contributed by atoms with van der Waals surface area (Å²) in [6.45, 7) is 4.08. The molecule has 0 saturated carbocycles. The van der Waals surface area contributed by atoms with Gasteiger partial charge >= 0.3 is 0 Å². The predicted octanol–water partition coefficient (Wildman–Crippen LogP) is 3.94. The van der Waals surface area contributed by atoms with Gasteiger partial charge in [0.25, 0.3) is 0 Å². The summed E-state index contributed by atoms with van der Waals surface area (Å²) >= 11 is 0. The van der Waals surface area contributed by atoms with Gasteiger partial charge in [0.2, 0.25) is 5.91 Å². The number of nitrogens with zero attached hydrogens (tertiary/aromatic N) is 2. The number of carbonyl (C=O) groups is 1. The number of likely N-dealkylation sites (tertiary alicyclic amines) is 1. The Balaban J connectivity index is 0.00000261. The van der Waals surface area contributed by atoms with Crippen LogP contribution in [0.5, 0.6) is 0 Å². The van der Waals surface area contributed by atoms with E-state index >= 15 is 0 Å². The minimum absolute atomic E-state index is 0. The highest BCUT2D eigenvalue weighted by Crippen LogP contribution is 2.21. The maximum Gasteiger partial charge on any atom is 0.244 e. The molecule has 1 N–H and O–H groups in total. The van der Waals surface area contributed by atoms with Gasteiger partial charge in [0.1, 0.15) is 0 Å². The third kappa shape index (κ3) is 7.53. The second kappa shape index (κ2) is 11.5. The fraction of sp³-hybridized carbons (Fsp3) is 0.364. The lowest BCUT2D eigenvalue weighted by molar-refractivity contribution is -0.116. The van der Waals surface area contributed by atoms with Gasteiger partial charge in [0.05, 0.1) is 5.69 Å². The third-order valence-electron chi connectivity index (χ3n) is 4.90. The van der Waals surface area contributed by atoms with Crippen molar-refractivity contribution in [1.29, 1.82) is 0 Å². The summed E-state index contributed by atoms with van der Waals surface area (Å²) in [5, 5.41) is 2.98. The van der Waals surface area contributed by atoms with Gasteiger partial charge < -0.3 is 5.32 Å². The summed E-state index contributed by atoms with van der Waals surface area (Å²) in [5.74, 6) is 0.666. The number of carbonyl (C=O) groups excluding carboxylic acids is 1. The number of nitrogens with one attached hydrogen (secondary N) is 1. The first-order valence-electron chi connectivity index (χ1n) is 9.43. The Hall–Kier alpha value is -2.17. The van der Waals surface area contributed by atoms with Gasteiger partial charge in [-0.15, -0.1) is 12.4 Å². The molecule has 1 aliphatic heterocycles. The zero-order valence-electron chi connectivity index (χ0n) is 15.6. The molecule has 1 aromatic carbocycles. The third-order valence-corrected chi connectivity index (χ3v) is 4.90. The smallest absolute Gasteiger partial charge is 0.244 e. The van der Waals surface area contributed by atoms with E-state index in [2.05, 4.69) is 45.5 Å². The van der Waals surface area contributed by atoms with E-state index in [1.54, 1.807) is 18.3 Å². The molecule has 4 nitrogen and oxygen atoms in total. The fourth-order valence-electron chi connectivity index (χ4n) is 3.37. The molecule has 144 valence electrons. The molecular weight excluding hydrogens is 358 g/mol. The maximum atomic E-state index is 11.9. The molecular formula is C22H28ClN3O. The molecule has 2 aromatic rings. The van der Waals surface area contributed by atoms with E-state index in [1.165, 1.54) is 18.4 Å². The average Bonchev–Trinajstić information content (AvgIpc) is 2.69. The van der Waals surface area contributed by atoms with Gasteiger partial charge in [-0.3, -0.25) is 14.7 Å². The number of amides is 1. The molecule has 3 rings (SSSR count). The van der Waals surface area contributed by atoms with Crippen LogP contribution in [-0.2, 0) is 11.3 Å². The van der Waals surface area contributed by atoms with Crippen molar-refractivity contribution in [2.75, 3.05) is 19.6 Å². The van der Waals surface area contributed by atoms with E-state index in [4.69, 9.17) is 0 Å². The molecule has 1 saturated heterocycles. The lowest BCUT2D eigenvalue weighted by Gasteiger charge is -2.32. The zero-order chi connectivity index (χ0) is 18.0. The van der Waals surface area contributed by atoms with E-state index in [-0.39, 0.29) is 18.3 Å². The molecule has 0 radical (unpaired) electrons. The number of hydrogen-bond acceptors (Lipinski definition) is 3. The van der Waals surface area contributed by atoms with Crippen LogP contribution in [0.2, 0.25) is 0 Å². The molecule has 2 heterocycles. The summed E-state index contributed by atoms with van der Waals surface area (Å²) < 4.78 is 0. The van der Waals surface area contributed by atoms with Gasteiger partial charge in [-0.1, -0.05) is 36.4 Å². The Bertz CT molecular complexity index is 698. The van der Waals surface area contributed by atoms with Gasteiger partial charge in [-0.25, -0.2) is 0 Å². The van der Waals surface area contributed by atoms with E-state index < -0.39 is 0 Å². The van der Waals surface area contributed by atoms with Crippen LogP contribution in [0.1, 0.15) is 30.5 Å². The topological polar surface area (TPSA) is 45.2 Å². The zero-order valence-corrected chi connectivity index (χ0v) is 16.4. The molecule has 27 heavy (non-hydrogen) atoms. The Morgan fingerprint density at radius 2 is 1.85 bits per heavy atom. The van der Waals surface area contributed by atoms with E-state index in [1.807, 2.05) is 18.2 Å². The van der Waals surface area contributed by atoms with Gasteiger partial charge in [-0.2, -0.15) is 0 Å². The van der Waals surface area contributed by atoms with E-state index in [9.17, 15) is 4.79 Å². The SMILES string of the molecule is Cl.O=C(C=Cc1ccccn1)NCCC1CCN(Cc2ccccc2)CC1. The molecule has 1 aromatic heterocycles. The average molecular weight is 386 g/mol. The Morgan fingerprint density at radius 1 is 1.11 bits per heavy atom. The summed E-state index contributed by atoms with van der Waals surface area (Å²) in [4.78, 5) is 18.6. The molecule has 0 bridgehead atoms. The maximum absolute atomic E-state index is 11.9. The van der Waals surface area contributed by atoms with Crippen LogP contribution in [0.3, 0.4) is 0 Å². The number of benzene rings is 1. The largest absolute Gasteiger partial charge is 0.353 e. The van der Waals surface area contributed by atoms with E-state index in [0.29, 0.717) is 5.92 Å². The molecule has 0 spiro atoms. The minimum atomic E-state index is -0.0443. The monoisotopic (exact) mass is 385 g/mol. The van der Waals surface area contributed by atoms with Crippen LogP contribution in [-0.4, -0.2) is 35.4 Å². The molecule has 0 atom stereocenters. The highest BCUT2D eigenvalue weighted by Gasteiger charge is 2.18. The van der Waals surface area contributed by atoms with Crippen molar-refractivity contribution in [3.05, 3.63) is 72.1 Å². The number of aromatic nitrogens is 1. The standard InChI is InChI=1S/C22H27N3O.ClH/c26-22(10-9-21-8-4-5-14-23-21)24-15-11-19-12-16-25(17-13-19)18-20-6-2-1-3-7-20;/h1-10,14,19H,11-13,15-18H2,(H,24,26);1H. The second-order valence-electron chi connectivity index (χ2n) is 6.87. The summed E-state index contributed by atoms with van der Waals surface area (Å²) in [6, 6.07) is 16.3. The van der Waals surface area contributed by atoms with Crippen molar-refractivity contribution in [2.45, 2.75) is 25.8 Å². The van der Waals surface area contributed by atoms with Crippen molar-refractivity contribution in [1.82, 2.24) is 15.2 Å². The first kappa shape index (κ1) is 21.1. The first-order chi connectivity index (χ1) is 12.8. The van der Waals surface area contributed by atoms with Crippen LogP contribution in [0.15, 0.2) is 60.8 Å². The number of piperidine rings is 1. The summed E-state index contributed by atoms with van der Waals surface area (Å²) in [7, 11) is 0. The minimum Gasteiger partial charge on any atom is -0.353 e. The second-order valence-corrected chi connectivity index (χ2v) is 6.87. The molecule has 0 aliphatic carbocycles. The number of pyridine rings is 1. The van der Waals surface area contributed by atoms with E-state index in [0.717, 1.165) is 38.3 Å². The Labute approximate surface area is 168 Å². The fourth-order valence-corrected chi connectivity index (χ4v) is 3.37. The summed E-state index contributed by atoms with van der Waals surface area (Å²) in [6.07, 6.45) is 8.52. The van der Waals surface area contributed by atoms with Crippen molar-refractivity contribution in [3.63, 3.8) is 0 Å². The van der Waals surface area contributed by atoms with Crippen LogP contribution in [0.25, 0.3) is 6.08 Å². The van der Waals surface area contributed by atoms with Gasteiger partial charge in [0.15, 0.2) is 0 Å². The van der Waals surface area contributed by atoms with Crippen LogP contribution in [0.4, 0.5) is 0 Å². The molecule has 1 amide bonds. The van der Waals surface area contributed by atoms with Crippen molar-refractivity contribution in [3.8, 4) is 0 Å². The highest BCUT2D eigenvalue weighted by atomic mass is 35.5. The lowest BCUT2D eigenvalue weighted by Crippen LogP contribution is -2.34. The Kier molecular flexibility index (Phi) is 9.02. The van der Waals surface area contributed by atoms with Crippen molar-refractivity contribution in [2.24, 2.45) is 5.92 Å². The van der Waals surface area contributed by atoms with Crippen LogP contribution < -0.4 is 5.32 Å². The quantitative estimate of drug-likeness (QED) is 0.734. The molecule has 1 aliphatic rings. The predicted molar refractivity (Wildman–Crippen MR) is 113 cm³/mol. The number of rotatable bonds is 7. The highest BCUT2D eigenvalue weighted by molar-refractivity contribution is 5.91. The van der Waals surface area contributed by atoms with Crippen molar-refractivity contribution < 1.29 is 4.79 Å². The van der Waals surface area contributed by atoms with Crippen LogP contribution in [0, 0.1) is 5.92 Å².